The summed E-state index contributed by atoms with van der Waals surface area (Å²) < 4.78 is 5.17. The number of likely N-dealkylation sites (tertiary alicyclic amines) is 1. The summed E-state index contributed by atoms with van der Waals surface area (Å²) >= 11 is 0. The quantitative estimate of drug-likeness (QED) is 0.912. The summed E-state index contributed by atoms with van der Waals surface area (Å²) in [5, 5.41) is 3.23. The molecule has 0 aliphatic carbocycles. The van der Waals surface area contributed by atoms with Gasteiger partial charge in [0.05, 0.1) is 12.3 Å². The summed E-state index contributed by atoms with van der Waals surface area (Å²) in [6.07, 6.45) is 0.795. The fraction of sp³-hybridized carbons (Fsp3) is 0.667. The fourth-order valence-corrected chi connectivity index (χ4v) is 2.26. The molecule has 0 radical (unpaired) electrons. The molecule has 1 amide bonds. The average molecular weight is 292 g/mol. The number of hydrogen-bond acceptors (Lipinski definition) is 5. The normalized spacial score (nSPS) is 19.2. The Morgan fingerprint density at radius 2 is 2.14 bits per heavy atom. The summed E-state index contributed by atoms with van der Waals surface area (Å²) in [5.74, 6) is 1.55. The second-order valence-corrected chi connectivity index (χ2v) is 6.50. The van der Waals surface area contributed by atoms with E-state index in [4.69, 9.17) is 4.74 Å². The molecule has 2 heterocycles. The maximum atomic E-state index is 12.0. The molecule has 1 fully saturated rings. The molecular weight excluding hydrogens is 268 g/mol. The molecule has 1 N–H and O–H groups in total. The monoisotopic (exact) mass is 292 g/mol. The minimum Gasteiger partial charge on any atom is -0.378 e. The Kier molecular flexibility index (Phi) is 4.46. The summed E-state index contributed by atoms with van der Waals surface area (Å²) in [4.78, 5) is 22.8. The van der Waals surface area contributed by atoms with Gasteiger partial charge >= 0.3 is 0 Å². The number of nitrogens with one attached hydrogen (secondary N) is 1. The number of likely N-dealkylation sites (N-methyl/N-ethyl adjacent to an activating group) is 1. The molecule has 6 nitrogen and oxygen atoms in total. The zero-order valence-corrected chi connectivity index (χ0v) is 13.4. The Morgan fingerprint density at radius 3 is 2.67 bits per heavy atom. The van der Waals surface area contributed by atoms with Crippen molar-refractivity contribution in [3.63, 3.8) is 0 Å². The Bertz CT molecular complexity index is 525. The van der Waals surface area contributed by atoms with Crippen LogP contribution < -0.4 is 5.32 Å². The van der Waals surface area contributed by atoms with Crippen LogP contribution in [0.25, 0.3) is 0 Å². The van der Waals surface area contributed by atoms with Crippen LogP contribution in [-0.2, 0) is 21.6 Å². The number of ether oxygens (including phenoxy) is 1. The number of amides is 1. The zero-order chi connectivity index (χ0) is 15.6. The fourth-order valence-electron chi connectivity index (χ4n) is 2.26. The van der Waals surface area contributed by atoms with Gasteiger partial charge in [0, 0.05) is 32.2 Å². The van der Waals surface area contributed by atoms with E-state index in [2.05, 4.69) is 36.1 Å². The average Bonchev–Trinajstić information content (AvgIpc) is 2.70. The first-order valence-corrected chi connectivity index (χ1v) is 7.20. The molecule has 21 heavy (non-hydrogen) atoms. The van der Waals surface area contributed by atoms with E-state index in [9.17, 15) is 4.79 Å². The van der Waals surface area contributed by atoms with Crippen LogP contribution in [0.4, 0.5) is 5.82 Å². The van der Waals surface area contributed by atoms with Crippen LogP contribution in [0.5, 0.6) is 0 Å². The van der Waals surface area contributed by atoms with Crippen LogP contribution in [-0.4, -0.2) is 47.5 Å². The van der Waals surface area contributed by atoms with E-state index >= 15 is 0 Å². The number of carbonyl (C=O) groups excluding carboxylic acids is 1. The lowest BCUT2D eigenvalue weighted by Crippen LogP contribution is -2.31. The third-order valence-electron chi connectivity index (χ3n) is 3.49. The van der Waals surface area contributed by atoms with Gasteiger partial charge in [-0.1, -0.05) is 20.8 Å². The summed E-state index contributed by atoms with van der Waals surface area (Å²) in [6, 6.07) is 1.65. The predicted octanol–water partition coefficient (Wildman–Crippen LogP) is 1.56. The van der Waals surface area contributed by atoms with E-state index in [0.29, 0.717) is 12.4 Å². The molecule has 0 aromatic carbocycles. The highest BCUT2D eigenvalue weighted by Gasteiger charge is 2.29. The maximum absolute atomic E-state index is 12.0. The van der Waals surface area contributed by atoms with Gasteiger partial charge in [-0.15, -0.1) is 0 Å². The Hall–Kier alpha value is -1.69. The molecule has 0 bridgehead atoms. The molecule has 2 rings (SSSR count). The Balaban J connectivity index is 2.26. The second-order valence-electron chi connectivity index (χ2n) is 6.50. The van der Waals surface area contributed by atoms with Crippen molar-refractivity contribution in [2.75, 3.05) is 26.0 Å². The minimum absolute atomic E-state index is 0.110. The van der Waals surface area contributed by atoms with Crippen molar-refractivity contribution in [1.29, 1.82) is 0 Å². The standard InChI is InChI=1S/C15H24N4O2/c1-15(2,3)14-16-10(9-21-5)8-12(18-14)17-11-6-7-19(4)13(11)20/h8,11H,6-7,9H2,1-5H3,(H,16,17,18). The first-order chi connectivity index (χ1) is 9.81. The van der Waals surface area contributed by atoms with Crippen molar-refractivity contribution < 1.29 is 9.53 Å². The van der Waals surface area contributed by atoms with Crippen molar-refractivity contribution in [2.45, 2.75) is 45.3 Å². The summed E-state index contributed by atoms with van der Waals surface area (Å²) in [6.45, 7) is 7.41. The van der Waals surface area contributed by atoms with Gasteiger partial charge in [0.15, 0.2) is 0 Å². The van der Waals surface area contributed by atoms with Crippen LogP contribution in [0, 0.1) is 0 Å². The van der Waals surface area contributed by atoms with E-state index in [1.54, 1.807) is 12.0 Å². The van der Waals surface area contributed by atoms with Gasteiger partial charge in [0.1, 0.15) is 17.7 Å². The van der Waals surface area contributed by atoms with E-state index in [1.165, 1.54) is 0 Å². The molecular formula is C15H24N4O2. The van der Waals surface area contributed by atoms with Crippen molar-refractivity contribution in [3.05, 3.63) is 17.6 Å². The maximum Gasteiger partial charge on any atom is 0.244 e. The number of nitrogens with zero attached hydrogens (tertiary/aromatic N) is 3. The largest absolute Gasteiger partial charge is 0.378 e. The number of carbonyl (C=O) groups is 1. The van der Waals surface area contributed by atoms with E-state index in [-0.39, 0.29) is 17.4 Å². The second kappa shape index (κ2) is 5.97. The molecule has 1 unspecified atom stereocenters. The van der Waals surface area contributed by atoms with Crippen LogP contribution in [0.1, 0.15) is 38.7 Å². The van der Waals surface area contributed by atoms with Crippen molar-refractivity contribution in [2.24, 2.45) is 0 Å². The summed E-state index contributed by atoms with van der Waals surface area (Å²) in [5.41, 5.74) is 0.662. The van der Waals surface area contributed by atoms with Crippen LogP contribution in [0.3, 0.4) is 0 Å². The lowest BCUT2D eigenvalue weighted by Gasteiger charge is -2.20. The molecule has 0 spiro atoms. The lowest BCUT2D eigenvalue weighted by molar-refractivity contribution is -0.127. The number of aromatic nitrogens is 2. The third kappa shape index (κ3) is 3.69. The van der Waals surface area contributed by atoms with Crippen LogP contribution in [0.15, 0.2) is 6.07 Å². The van der Waals surface area contributed by atoms with Crippen molar-refractivity contribution in [1.82, 2.24) is 14.9 Å². The van der Waals surface area contributed by atoms with Gasteiger partial charge in [-0.3, -0.25) is 4.79 Å². The predicted molar refractivity (Wildman–Crippen MR) is 81.1 cm³/mol. The topological polar surface area (TPSA) is 67.3 Å². The highest BCUT2D eigenvalue weighted by atomic mass is 16.5. The highest BCUT2D eigenvalue weighted by Crippen LogP contribution is 2.22. The molecule has 0 saturated carbocycles. The molecule has 116 valence electrons. The van der Waals surface area contributed by atoms with E-state index < -0.39 is 0 Å². The van der Waals surface area contributed by atoms with E-state index in [0.717, 1.165) is 24.5 Å². The highest BCUT2D eigenvalue weighted by molar-refractivity contribution is 5.86. The minimum atomic E-state index is -0.201. The molecule has 1 aliphatic heterocycles. The zero-order valence-electron chi connectivity index (χ0n) is 13.4. The number of rotatable bonds is 4. The van der Waals surface area contributed by atoms with Gasteiger partial charge in [-0.2, -0.15) is 0 Å². The molecule has 1 aliphatic rings. The molecule has 1 atom stereocenters. The lowest BCUT2D eigenvalue weighted by atomic mass is 9.95. The van der Waals surface area contributed by atoms with Gasteiger partial charge in [-0.25, -0.2) is 9.97 Å². The SMILES string of the molecule is COCc1cc(NC2CCN(C)C2=O)nc(C(C)(C)C)n1. The van der Waals surface area contributed by atoms with Gasteiger partial charge < -0.3 is 15.0 Å². The third-order valence-corrected chi connectivity index (χ3v) is 3.49. The smallest absolute Gasteiger partial charge is 0.244 e. The molecule has 1 saturated heterocycles. The molecule has 1 aromatic rings. The van der Waals surface area contributed by atoms with E-state index in [1.807, 2.05) is 13.1 Å². The first-order valence-electron chi connectivity index (χ1n) is 7.20. The first kappa shape index (κ1) is 15.7. The number of anilines is 1. The Labute approximate surface area is 125 Å². The summed E-state index contributed by atoms with van der Waals surface area (Å²) in [7, 11) is 3.46. The molecule has 1 aromatic heterocycles. The van der Waals surface area contributed by atoms with Gasteiger partial charge in [0.2, 0.25) is 5.91 Å². The van der Waals surface area contributed by atoms with Crippen molar-refractivity contribution >= 4 is 11.7 Å². The number of methoxy groups -OCH3 is 1. The van der Waals surface area contributed by atoms with Crippen LogP contribution in [0.2, 0.25) is 0 Å². The Morgan fingerprint density at radius 1 is 1.43 bits per heavy atom. The van der Waals surface area contributed by atoms with Gasteiger partial charge in [-0.05, 0) is 6.42 Å². The molecule has 6 heteroatoms. The number of hydrogen-bond donors (Lipinski definition) is 1. The van der Waals surface area contributed by atoms with Gasteiger partial charge in [0.25, 0.3) is 0 Å². The van der Waals surface area contributed by atoms with Crippen LogP contribution >= 0.6 is 0 Å². The van der Waals surface area contributed by atoms with Crippen molar-refractivity contribution in [3.8, 4) is 0 Å².